The lowest BCUT2D eigenvalue weighted by molar-refractivity contribution is 0.302. The van der Waals surface area contributed by atoms with Gasteiger partial charge in [-0.15, -0.1) is 0 Å². The lowest BCUT2D eigenvalue weighted by atomic mass is 9.97. The molecule has 0 aromatic heterocycles. The zero-order chi connectivity index (χ0) is 9.80. The smallest absolute Gasteiger partial charge is 0.0195 e. The van der Waals surface area contributed by atoms with E-state index in [-0.39, 0.29) is 0 Å². The van der Waals surface area contributed by atoms with E-state index in [4.69, 9.17) is 0 Å². The van der Waals surface area contributed by atoms with E-state index in [9.17, 15) is 0 Å². The van der Waals surface area contributed by atoms with Crippen molar-refractivity contribution >= 4 is 0 Å². The van der Waals surface area contributed by atoms with Gasteiger partial charge in [-0.05, 0) is 45.1 Å². The Morgan fingerprint density at radius 2 is 1.93 bits per heavy atom. The van der Waals surface area contributed by atoms with E-state index in [1.807, 2.05) is 0 Å². The summed E-state index contributed by atoms with van der Waals surface area (Å²) in [5.74, 6) is 0.955. The molecule has 1 aliphatic carbocycles. The van der Waals surface area contributed by atoms with Crippen molar-refractivity contribution in [2.45, 2.75) is 57.5 Å². The second-order valence-electron chi connectivity index (χ2n) is 5.04. The molecule has 1 saturated heterocycles. The van der Waals surface area contributed by atoms with E-state index in [0.29, 0.717) is 0 Å². The molecule has 2 N–H and O–H groups in total. The molecular formula is C12H24N2. The fraction of sp³-hybridized carbons (Fsp3) is 1.00. The first-order chi connectivity index (χ1) is 6.86. The Kier molecular flexibility index (Phi) is 3.82. The maximum atomic E-state index is 3.80. The molecule has 2 fully saturated rings. The summed E-state index contributed by atoms with van der Waals surface area (Å²) in [7, 11) is 0. The molecule has 2 heteroatoms. The van der Waals surface area contributed by atoms with Crippen LogP contribution in [0.4, 0.5) is 0 Å². The van der Waals surface area contributed by atoms with E-state index in [0.717, 1.165) is 18.0 Å². The van der Waals surface area contributed by atoms with Crippen molar-refractivity contribution in [3.8, 4) is 0 Å². The Morgan fingerprint density at radius 3 is 2.57 bits per heavy atom. The van der Waals surface area contributed by atoms with Crippen molar-refractivity contribution in [3.05, 3.63) is 0 Å². The van der Waals surface area contributed by atoms with Crippen LogP contribution in [0.5, 0.6) is 0 Å². The SMILES string of the molecule is C[C@H](NC1CCCNC1)C1CCCC1. The number of hydrogen-bond donors (Lipinski definition) is 2. The summed E-state index contributed by atoms with van der Waals surface area (Å²) in [6.45, 7) is 4.78. The Labute approximate surface area is 87.8 Å². The highest BCUT2D eigenvalue weighted by atomic mass is 15.0. The number of rotatable bonds is 3. The van der Waals surface area contributed by atoms with Crippen LogP contribution in [-0.2, 0) is 0 Å². The molecule has 1 unspecified atom stereocenters. The number of piperidine rings is 1. The maximum Gasteiger partial charge on any atom is 0.0195 e. The average molecular weight is 196 g/mol. The third-order valence-corrected chi connectivity index (χ3v) is 3.90. The standard InChI is InChI=1S/C12H24N2/c1-10(11-5-2-3-6-11)14-12-7-4-8-13-9-12/h10-14H,2-9H2,1H3/t10-,12?/m0/s1. The summed E-state index contributed by atoms with van der Waals surface area (Å²) < 4.78 is 0. The Balaban J connectivity index is 1.72. The van der Waals surface area contributed by atoms with Crippen LogP contribution in [-0.4, -0.2) is 25.2 Å². The topological polar surface area (TPSA) is 24.1 Å². The lowest BCUT2D eigenvalue weighted by Crippen LogP contribution is -2.48. The first-order valence-electron chi connectivity index (χ1n) is 6.33. The first kappa shape index (κ1) is 10.4. The molecule has 0 bridgehead atoms. The molecule has 2 atom stereocenters. The predicted octanol–water partition coefficient (Wildman–Crippen LogP) is 1.91. The van der Waals surface area contributed by atoms with Crippen LogP contribution in [0.2, 0.25) is 0 Å². The molecule has 14 heavy (non-hydrogen) atoms. The van der Waals surface area contributed by atoms with Gasteiger partial charge in [-0.2, -0.15) is 0 Å². The molecule has 0 spiro atoms. The second-order valence-corrected chi connectivity index (χ2v) is 5.04. The van der Waals surface area contributed by atoms with Crippen molar-refractivity contribution in [3.63, 3.8) is 0 Å². The molecule has 82 valence electrons. The van der Waals surface area contributed by atoms with Crippen LogP contribution in [0.25, 0.3) is 0 Å². The van der Waals surface area contributed by atoms with E-state index < -0.39 is 0 Å². The predicted molar refractivity (Wildman–Crippen MR) is 60.4 cm³/mol. The summed E-state index contributed by atoms with van der Waals surface area (Å²) >= 11 is 0. The van der Waals surface area contributed by atoms with Crippen LogP contribution in [0.15, 0.2) is 0 Å². The van der Waals surface area contributed by atoms with Crippen LogP contribution in [0.3, 0.4) is 0 Å². The van der Waals surface area contributed by atoms with Crippen molar-refractivity contribution < 1.29 is 0 Å². The average Bonchev–Trinajstić information content (AvgIpc) is 2.72. The van der Waals surface area contributed by atoms with Crippen molar-refractivity contribution in [1.29, 1.82) is 0 Å². The molecular weight excluding hydrogens is 172 g/mol. The third kappa shape index (κ3) is 2.71. The first-order valence-corrected chi connectivity index (χ1v) is 6.33. The van der Waals surface area contributed by atoms with Gasteiger partial charge in [0.05, 0.1) is 0 Å². The van der Waals surface area contributed by atoms with Crippen molar-refractivity contribution in [1.82, 2.24) is 10.6 Å². The fourth-order valence-electron chi connectivity index (χ4n) is 2.96. The normalized spacial score (nSPS) is 31.9. The van der Waals surface area contributed by atoms with Gasteiger partial charge in [-0.3, -0.25) is 0 Å². The van der Waals surface area contributed by atoms with Gasteiger partial charge < -0.3 is 10.6 Å². The minimum atomic E-state index is 0.736. The molecule has 0 radical (unpaired) electrons. The molecule has 1 saturated carbocycles. The summed E-state index contributed by atoms with van der Waals surface area (Å²) in [6.07, 6.45) is 8.53. The molecule has 1 aliphatic heterocycles. The van der Waals surface area contributed by atoms with E-state index in [1.54, 1.807) is 0 Å². The molecule has 2 aliphatic rings. The minimum absolute atomic E-state index is 0.736. The summed E-state index contributed by atoms with van der Waals surface area (Å²) in [4.78, 5) is 0. The van der Waals surface area contributed by atoms with Gasteiger partial charge in [0.25, 0.3) is 0 Å². The molecule has 0 amide bonds. The van der Waals surface area contributed by atoms with E-state index in [1.165, 1.54) is 51.6 Å². The molecule has 2 rings (SSSR count). The van der Waals surface area contributed by atoms with Gasteiger partial charge in [-0.1, -0.05) is 12.8 Å². The zero-order valence-corrected chi connectivity index (χ0v) is 9.39. The fourth-order valence-corrected chi connectivity index (χ4v) is 2.96. The van der Waals surface area contributed by atoms with E-state index >= 15 is 0 Å². The second kappa shape index (κ2) is 5.13. The molecule has 2 nitrogen and oxygen atoms in total. The number of nitrogens with one attached hydrogen (secondary N) is 2. The van der Waals surface area contributed by atoms with Crippen LogP contribution >= 0.6 is 0 Å². The van der Waals surface area contributed by atoms with Crippen molar-refractivity contribution in [2.24, 2.45) is 5.92 Å². The van der Waals surface area contributed by atoms with Gasteiger partial charge in [0.15, 0.2) is 0 Å². The summed E-state index contributed by atoms with van der Waals surface area (Å²) in [5, 5.41) is 7.27. The highest BCUT2D eigenvalue weighted by Gasteiger charge is 2.23. The third-order valence-electron chi connectivity index (χ3n) is 3.90. The van der Waals surface area contributed by atoms with Gasteiger partial charge in [-0.25, -0.2) is 0 Å². The zero-order valence-electron chi connectivity index (χ0n) is 9.39. The van der Waals surface area contributed by atoms with Crippen LogP contribution < -0.4 is 10.6 Å². The lowest BCUT2D eigenvalue weighted by Gasteiger charge is -2.30. The van der Waals surface area contributed by atoms with Crippen molar-refractivity contribution in [2.75, 3.05) is 13.1 Å². The Morgan fingerprint density at radius 1 is 1.14 bits per heavy atom. The van der Waals surface area contributed by atoms with Gasteiger partial charge in [0.1, 0.15) is 0 Å². The van der Waals surface area contributed by atoms with Gasteiger partial charge >= 0.3 is 0 Å². The largest absolute Gasteiger partial charge is 0.315 e. The molecule has 0 aromatic rings. The highest BCUT2D eigenvalue weighted by Crippen LogP contribution is 2.27. The quantitative estimate of drug-likeness (QED) is 0.720. The minimum Gasteiger partial charge on any atom is -0.315 e. The summed E-state index contributed by atoms with van der Waals surface area (Å²) in [6, 6.07) is 1.47. The van der Waals surface area contributed by atoms with E-state index in [2.05, 4.69) is 17.6 Å². The van der Waals surface area contributed by atoms with Crippen LogP contribution in [0, 0.1) is 5.92 Å². The van der Waals surface area contributed by atoms with Gasteiger partial charge in [0, 0.05) is 18.6 Å². The summed E-state index contributed by atoms with van der Waals surface area (Å²) in [5.41, 5.74) is 0. The molecule has 0 aromatic carbocycles. The number of hydrogen-bond acceptors (Lipinski definition) is 2. The molecule has 1 heterocycles. The van der Waals surface area contributed by atoms with Crippen LogP contribution in [0.1, 0.15) is 45.4 Å². The Hall–Kier alpha value is -0.0800. The monoisotopic (exact) mass is 196 g/mol. The highest BCUT2D eigenvalue weighted by molar-refractivity contribution is 4.83. The Bertz CT molecular complexity index is 158. The van der Waals surface area contributed by atoms with Gasteiger partial charge in [0.2, 0.25) is 0 Å². The maximum absolute atomic E-state index is 3.80.